The lowest BCUT2D eigenvalue weighted by molar-refractivity contribution is 0.269. The van der Waals surface area contributed by atoms with E-state index in [0.29, 0.717) is 12.4 Å². The molecule has 2 rings (SSSR count). The normalized spacial score (nSPS) is 10.9. The largest absolute Gasteiger partial charge is 0.394 e. The van der Waals surface area contributed by atoms with Gasteiger partial charge in [-0.1, -0.05) is 5.16 Å². The van der Waals surface area contributed by atoms with Crippen molar-refractivity contribution in [3.05, 3.63) is 30.2 Å². The standard InChI is InChI=1S/C10H15N5O2/c16-4-3-15-7-9(6-13-15)5-11-2-1-10-12-8-17-14-10/h6-8,11,16H,1-5H2. The second-order valence-corrected chi connectivity index (χ2v) is 3.61. The number of hydrogen-bond acceptors (Lipinski definition) is 6. The molecule has 0 atom stereocenters. The molecule has 2 aromatic heterocycles. The van der Waals surface area contributed by atoms with Crippen LogP contribution in [0.2, 0.25) is 0 Å². The van der Waals surface area contributed by atoms with Crippen molar-refractivity contribution in [2.24, 2.45) is 0 Å². The van der Waals surface area contributed by atoms with Gasteiger partial charge in [-0.2, -0.15) is 10.1 Å². The zero-order chi connectivity index (χ0) is 11.9. The molecule has 7 nitrogen and oxygen atoms in total. The first kappa shape index (κ1) is 11.7. The van der Waals surface area contributed by atoms with E-state index in [1.54, 1.807) is 10.9 Å². The van der Waals surface area contributed by atoms with Crippen LogP contribution in [0.1, 0.15) is 11.4 Å². The summed E-state index contributed by atoms with van der Waals surface area (Å²) in [7, 11) is 0. The van der Waals surface area contributed by atoms with Crippen molar-refractivity contribution in [1.29, 1.82) is 0 Å². The Morgan fingerprint density at radius 1 is 1.47 bits per heavy atom. The van der Waals surface area contributed by atoms with Crippen LogP contribution in [-0.4, -0.2) is 38.2 Å². The van der Waals surface area contributed by atoms with Gasteiger partial charge in [-0.25, -0.2) is 0 Å². The number of nitrogens with one attached hydrogen (secondary N) is 1. The van der Waals surface area contributed by atoms with Crippen LogP contribution in [0.15, 0.2) is 23.3 Å². The first-order valence-corrected chi connectivity index (χ1v) is 5.46. The first-order chi connectivity index (χ1) is 8.38. The highest BCUT2D eigenvalue weighted by Gasteiger charge is 2.00. The average Bonchev–Trinajstić information content (AvgIpc) is 2.96. The van der Waals surface area contributed by atoms with Crippen LogP contribution in [0, 0.1) is 0 Å². The minimum absolute atomic E-state index is 0.104. The summed E-state index contributed by atoms with van der Waals surface area (Å²) >= 11 is 0. The summed E-state index contributed by atoms with van der Waals surface area (Å²) < 4.78 is 6.35. The molecule has 0 spiro atoms. The lowest BCUT2D eigenvalue weighted by atomic mass is 10.3. The topological polar surface area (TPSA) is 89.0 Å². The monoisotopic (exact) mass is 237 g/mol. The highest BCUT2D eigenvalue weighted by molar-refractivity contribution is 5.03. The Bertz CT molecular complexity index is 426. The number of aliphatic hydroxyl groups is 1. The van der Waals surface area contributed by atoms with Crippen LogP contribution in [0.25, 0.3) is 0 Å². The molecular weight excluding hydrogens is 222 g/mol. The Hall–Kier alpha value is -1.73. The van der Waals surface area contributed by atoms with E-state index < -0.39 is 0 Å². The second-order valence-electron chi connectivity index (χ2n) is 3.61. The molecule has 7 heteroatoms. The Balaban J connectivity index is 1.67. The zero-order valence-electron chi connectivity index (χ0n) is 9.41. The summed E-state index contributed by atoms with van der Waals surface area (Å²) in [5.74, 6) is 0.702. The minimum atomic E-state index is 0.104. The van der Waals surface area contributed by atoms with Gasteiger partial charge in [0, 0.05) is 31.3 Å². The molecule has 0 aliphatic rings. The summed E-state index contributed by atoms with van der Waals surface area (Å²) in [6.45, 7) is 2.16. The van der Waals surface area contributed by atoms with Crippen molar-refractivity contribution in [3.63, 3.8) is 0 Å². The molecule has 92 valence electrons. The molecule has 2 heterocycles. The average molecular weight is 237 g/mol. The van der Waals surface area contributed by atoms with E-state index in [-0.39, 0.29) is 6.61 Å². The molecule has 2 N–H and O–H groups in total. The minimum Gasteiger partial charge on any atom is -0.394 e. The zero-order valence-corrected chi connectivity index (χ0v) is 9.41. The Morgan fingerprint density at radius 3 is 3.18 bits per heavy atom. The van der Waals surface area contributed by atoms with Crippen LogP contribution < -0.4 is 5.32 Å². The summed E-state index contributed by atoms with van der Waals surface area (Å²) in [6, 6.07) is 0. The van der Waals surface area contributed by atoms with E-state index in [1.165, 1.54) is 6.39 Å². The van der Waals surface area contributed by atoms with Crippen LogP contribution in [0.4, 0.5) is 0 Å². The van der Waals surface area contributed by atoms with Crippen molar-refractivity contribution in [2.75, 3.05) is 13.2 Å². The van der Waals surface area contributed by atoms with Gasteiger partial charge in [0.1, 0.15) is 0 Å². The molecule has 0 fully saturated rings. The van der Waals surface area contributed by atoms with Gasteiger partial charge in [0.25, 0.3) is 0 Å². The smallest absolute Gasteiger partial charge is 0.213 e. The van der Waals surface area contributed by atoms with Crippen LogP contribution >= 0.6 is 0 Å². The summed E-state index contributed by atoms with van der Waals surface area (Å²) in [5.41, 5.74) is 1.09. The van der Waals surface area contributed by atoms with Crippen LogP contribution in [-0.2, 0) is 19.5 Å². The highest BCUT2D eigenvalue weighted by Crippen LogP contribution is 1.97. The Kier molecular flexibility index (Phi) is 4.23. The van der Waals surface area contributed by atoms with E-state index in [4.69, 9.17) is 5.11 Å². The van der Waals surface area contributed by atoms with E-state index >= 15 is 0 Å². The second kappa shape index (κ2) is 6.12. The van der Waals surface area contributed by atoms with Gasteiger partial charge < -0.3 is 14.9 Å². The summed E-state index contributed by atoms with van der Waals surface area (Å²) in [5, 5.41) is 19.8. The van der Waals surface area contributed by atoms with E-state index in [1.807, 2.05) is 6.20 Å². The number of aliphatic hydroxyl groups excluding tert-OH is 1. The molecule has 0 unspecified atom stereocenters. The predicted octanol–water partition coefficient (Wildman–Crippen LogP) is -0.409. The van der Waals surface area contributed by atoms with Crippen molar-refractivity contribution < 1.29 is 9.63 Å². The van der Waals surface area contributed by atoms with Gasteiger partial charge in [-0.05, 0) is 0 Å². The van der Waals surface area contributed by atoms with Gasteiger partial charge in [0.15, 0.2) is 5.82 Å². The predicted molar refractivity (Wildman–Crippen MR) is 59.0 cm³/mol. The fourth-order valence-electron chi connectivity index (χ4n) is 1.46. The highest BCUT2D eigenvalue weighted by atomic mass is 16.5. The van der Waals surface area contributed by atoms with Crippen molar-refractivity contribution in [2.45, 2.75) is 19.5 Å². The molecule has 2 aromatic rings. The van der Waals surface area contributed by atoms with Crippen molar-refractivity contribution >= 4 is 0 Å². The van der Waals surface area contributed by atoms with Crippen molar-refractivity contribution in [1.82, 2.24) is 25.2 Å². The van der Waals surface area contributed by atoms with Gasteiger partial charge in [-0.15, -0.1) is 0 Å². The molecule has 0 saturated carbocycles. The maximum atomic E-state index is 8.75. The quantitative estimate of drug-likeness (QED) is 0.636. The van der Waals surface area contributed by atoms with Crippen molar-refractivity contribution in [3.8, 4) is 0 Å². The summed E-state index contributed by atoms with van der Waals surface area (Å²) in [4.78, 5) is 3.93. The molecular formula is C10H15N5O2. The van der Waals surface area contributed by atoms with Crippen LogP contribution in [0.5, 0.6) is 0 Å². The Labute approximate surface area is 98.4 Å². The first-order valence-electron chi connectivity index (χ1n) is 5.46. The van der Waals surface area contributed by atoms with Gasteiger partial charge in [0.2, 0.25) is 6.39 Å². The lowest BCUT2D eigenvalue weighted by Crippen LogP contribution is -2.16. The van der Waals surface area contributed by atoms with Gasteiger partial charge >= 0.3 is 0 Å². The molecule has 0 bridgehead atoms. The fourth-order valence-corrected chi connectivity index (χ4v) is 1.46. The number of hydrogen-bond donors (Lipinski definition) is 2. The van der Waals surface area contributed by atoms with Gasteiger partial charge in [-0.3, -0.25) is 4.68 Å². The van der Waals surface area contributed by atoms with E-state index in [2.05, 4.69) is 25.1 Å². The molecule has 0 aromatic carbocycles. The van der Waals surface area contributed by atoms with E-state index in [0.717, 1.165) is 25.1 Å². The third kappa shape index (κ3) is 3.65. The molecule has 0 aliphatic heterocycles. The molecule has 0 amide bonds. The molecule has 0 saturated heterocycles. The third-order valence-corrected chi connectivity index (χ3v) is 2.28. The van der Waals surface area contributed by atoms with Crippen LogP contribution in [0.3, 0.4) is 0 Å². The third-order valence-electron chi connectivity index (χ3n) is 2.28. The number of rotatable bonds is 7. The maximum absolute atomic E-state index is 8.75. The molecule has 0 aliphatic carbocycles. The SMILES string of the molecule is OCCn1cc(CNCCc2ncon2)cn1. The maximum Gasteiger partial charge on any atom is 0.213 e. The molecule has 0 radical (unpaired) electrons. The summed E-state index contributed by atoms with van der Waals surface area (Å²) in [6.07, 6.45) is 5.77. The fraction of sp³-hybridized carbons (Fsp3) is 0.500. The number of nitrogens with zero attached hydrogens (tertiary/aromatic N) is 4. The Morgan fingerprint density at radius 2 is 2.41 bits per heavy atom. The van der Waals surface area contributed by atoms with E-state index in [9.17, 15) is 0 Å². The molecule has 17 heavy (non-hydrogen) atoms. The van der Waals surface area contributed by atoms with Gasteiger partial charge in [0.05, 0.1) is 19.3 Å². The lowest BCUT2D eigenvalue weighted by Gasteiger charge is -1.99. The number of aromatic nitrogens is 4.